The molecular formula is C19H28N4O4. The molecule has 1 saturated carbocycles. The van der Waals surface area contributed by atoms with Crippen LogP contribution in [0.1, 0.15) is 38.7 Å². The van der Waals surface area contributed by atoms with Gasteiger partial charge in [0, 0.05) is 37.2 Å². The molecule has 0 radical (unpaired) electrons. The van der Waals surface area contributed by atoms with Gasteiger partial charge in [-0.05, 0) is 31.6 Å². The molecule has 8 heteroatoms. The number of aryl methyl sites for hydroxylation is 1. The molecule has 0 spiro atoms. The van der Waals surface area contributed by atoms with E-state index in [9.17, 15) is 19.2 Å². The lowest BCUT2D eigenvalue weighted by Crippen LogP contribution is -2.44. The van der Waals surface area contributed by atoms with Gasteiger partial charge in [-0.15, -0.1) is 0 Å². The molecule has 2 amide bonds. The van der Waals surface area contributed by atoms with E-state index in [1.165, 1.54) is 10.8 Å². The third-order valence-corrected chi connectivity index (χ3v) is 5.38. The van der Waals surface area contributed by atoms with Gasteiger partial charge in [0.2, 0.25) is 11.8 Å². The standard InChI is InChI=1S/C19H28N4O4/c1-11(2)6-17(25)22-8-14(13-4-5-13)15(9-22)20-16(24)10-23-7-12(3)18(26)21-19(23)27/h7,11,13-15H,4-6,8-10H2,1-3H3,(H,20,24)(H,21,26,27)/t14-,15+/m1/s1. The number of nitrogens with zero attached hydrogens (tertiary/aromatic N) is 2. The van der Waals surface area contributed by atoms with E-state index < -0.39 is 11.2 Å². The van der Waals surface area contributed by atoms with Crippen molar-refractivity contribution in [2.45, 2.75) is 52.6 Å². The van der Waals surface area contributed by atoms with E-state index in [4.69, 9.17) is 0 Å². The first-order chi connectivity index (χ1) is 12.7. The van der Waals surface area contributed by atoms with Crippen LogP contribution in [0.25, 0.3) is 0 Å². The Hall–Kier alpha value is -2.38. The lowest BCUT2D eigenvalue weighted by molar-refractivity contribution is -0.131. The highest BCUT2D eigenvalue weighted by atomic mass is 16.2. The molecule has 0 unspecified atom stereocenters. The molecule has 1 saturated heterocycles. The van der Waals surface area contributed by atoms with E-state index in [1.807, 2.05) is 18.7 Å². The predicted octanol–water partition coefficient (Wildman–Crippen LogP) is 0.244. The summed E-state index contributed by atoms with van der Waals surface area (Å²) in [7, 11) is 0. The fourth-order valence-electron chi connectivity index (χ4n) is 3.81. The number of hydrogen-bond donors (Lipinski definition) is 2. The zero-order valence-electron chi connectivity index (χ0n) is 16.2. The Labute approximate surface area is 157 Å². The summed E-state index contributed by atoms with van der Waals surface area (Å²) in [5.41, 5.74) is -0.662. The van der Waals surface area contributed by atoms with Crippen LogP contribution in [0.15, 0.2) is 15.8 Å². The number of H-pyrrole nitrogens is 1. The number of hydrogen-bond acceptors (Lipinski definition) is 4. The van der Waals surface area contributed by atoms with Gasteiger partial charge in [-0.1, -0.05) is 13.8 Å². The number of carbonyl (C=O) groups excluding carboxylic acids is 2. The second-order valence-electron chi connectivity index (χ2n) is 8.27. The van der Waals surface area contributed by atoms with Crippen LogP contribution in [-0.2, 0) is 16.1 Å². The van der Waals surface area contributed by atoms with Gasteiger partial charge >= 0.3 is 5.69 Å². The van der Waals surface area contributed by atoms with E-state index in [2.05, 4.69) is 10.3 Å². The summed E-state index contributed by atoms with van der Waals surface area (Å²) < 4.78 is 1.20. The van der Waals surface area contributed by atoms with Crippen LogP contribution in [0.3, 0.4) is 0 Å². The summed E-state index contributed by atoms with van der Waals surface area (Å²) in [5, 5.41) is 3.01. The molecule has 1 aromatic heterocycles. The number of amides is 2. The SMILES string of the molecule is Cc1cn(CC(=O)N[C@H]2CN(C(=O)CC(C)C)C[C@@H]2C2CC2)c(=O)[nH]c1=O. The highest BCUT2D eigenvalue weighted by Crippen LogP contribution is 2.41. The van der Waals surface area contributed by atoms with Crippen LogP contribution in [0.2, 0.25) is 0 Å². The third-order valence-electron chi connectivity index (χ3n) is 5.38. The van der Waals surface area contributed by atoms with Crippen molar-refractivity contribution in [2.24, 2.45) is 17.8 Å². The fourth-order valence-corrected chi connectivity index (χ4v) is 3.81. The molecule has 3 rings (SSSR count). The molecule has 1 aliphatic carbocycles. The molecule has 2 N–H and O–H groups in total. The zero-order valence-corrected chi connectivity index (χ0v) is 16.2. The van der Waals surface area contributed by atoms with Gasteiger partial charge in [-0.2, -0.15) is 0 Å². The Balaban J connectivity index is 1.65. The maximum atomic E-state index is 12.5. The van der Waals surface area contributed by atoms with Gasteiger partial charge in [0.1, 0.15) is 6.54 Å². The van der Waals surface area contributed by atoms with Crippen LogP contribution >= 0.6 is 0 Å². The quantitative estimate of drug-likeness (QED) is 0.742. The first-order valence-corrected chi connectivity index (χ1v) is 9.62. The van der Waals surface area contributed by atoms with E-state index in [0.717, 1.165) is 12.8 Å². The summed E-state index contributed by atoms with van der Waals surface area (Å²) in [4.78, 5) is 52.3. The number of aromatic nitrogens is 2. The van der Waals surface area contributed by atoms with Crippen molar-refractivity contribution in [1.29, 1.82) is 0 Å². The van der Waals surface area contributed by atoms with Crippen molar-refractivity contribution in [3.8, 4) is 0 Å². The minimum atomic E-state index is -0.598. The Kier molecular flexibility index (Phi) is 5.53. The molecule has 1 aromatic rings. The van der Waals surface area contributed by atoms with E-state index in [-0.39, 0.29) is 30.3 Å². The molecular weight excluding hydrogens is 348 g/mol. The minimum Gasteiger partial charge on any atom is -0.350 e. The molecule has 2 heterocycles. The highest BCUT2D eigenvalue weighted by Gasteiger charge is 2.44. The normalized spacial score (nSPS) is 22.3. The van der Waals surface area contributed by atoms with Crippen molar-refractivity contribution in [2.75, 3.05) is 13.1 Å². The maximum Gasteiger partial charge on any atom is 0.328 e. The molecule has 2 aliphatic rings. The summed E-state index contributed by atoms with van der Waals surface area (Å²) in [6, 6.07) is -0.0827. The number of carbonyl (C=O) groups is 2. The average Bonchev–Trinajstić information content (AvgIpc) is 3.33. The van der Waals surface area contributed by atoms with E-state index in [1.54, 1.807) is 6.92 Å². The number of nitrogens with one attached hydrogen (secondary N) is 2. The number of likely N-dealkylation sites (tertiary alicyclic amines) is 1. The molecule has 27 heavy (non-hydrogen) atoms. The highest BCUT2D eigenvalue weighted by molar-refractivity contribution is 5.78. The van der Waals surface area contributed by atoms with Crippen LogP contribution in [0.5, 0.6) is 0 Å². The van der Waals surface area contributed by atoms with Gasteiger partial charge in [-0.3, -0.25) is 23.9 Å². The topological polar surface area (TPSA) is 104 Å². The number of aromatic amines is 1. The molecule has 1 aliphatic heterocycles. The van der Waals surface area contributed by atoms with Crippen LogP contribution < -0.4 is 16.6 Å². The van der Waals surface area contributed by atoms with Gasteiger partial charge in [-0.25, -0.2) is 4.79 Å². The monoisotopic (exact) mass is 376 g/mol. The molecule has 2 atom stereocenters. The first kappa shape index (κ1) is 19.4. The summed E-state index contributed by atoms with van der Waals surface area (Å²) in [6.07, 6.45) is 4.19. The van der Waals surface area contributed by atoms with E-state index in [0.29, 0.717) is 36.9 Å². The third kappa shape index (κ3) is 4.67. The lowest BCUT2D eigenvalue weighted by atomic mass is 9.98. The summed E-state index contributed by atoms with van der Waals surface area (Å²) >= 11 is 0. The fraction of sp³-hybridized carbons (Fsp3) is 0.684. The molecule has 148 valence electrons. The van der Waals surface area contributed by atoms with Crippen LogP contribution in [0.4, 0.5) is 0 Å². The van der Waals surface area contributed by atoms with Crippen molar-refractivity contribution in [3.05, 3.63) is 32.6 Å². The predicted molar refractivity (Wildman–Crippen MR) is 100 cm³/mol. The Morgan fingerprint density at radius 3 is 2.59 bits per heavy atom. The molecule has 0 bridgehead atoms. The molecule has 8 nitrogen and oxygen atoms in total. The minimum absolute atomic E-state index is 0.0827. The van der Waals surface area contributed by atoms with Gasteiger partial charge in [0.25, 0.3) is 5.56 Å². The van der Waals surface area contributed by atoms with Crippen molar-refractivity contribution in [3.63, 3.8) is 0 Å². The van der Waals surface area contributed by atoms with Crippen molar-refractivity contribution >= 4 is 11.8 Å². The smallest absolute Gasteiger partial charge is 0.328 e. The maximum absolute atomic E-state index is 12.5. The largest absolute Gasteiger partial charge is 0.350 e. The van der Waals surface area contributed by atoms with Crippen LogP contribution in [0, 0.1) is 24.7 Å². The molecule has 2 fully saturated rings. The Morgan fingerprint density at radius 1 is 1.26 bits per heavy atom. The van der Waals surface area contributed by atoms with Crippen LogP contribution in [-0.4, -0.2) is 45.4 Å². The van der Waals surface area contributed by atoms with Gasteiger partial charge in [0.05, 0.1) is 6.04 Å². The second kappa shape index (κ2) is 7.70. The van der Waals surface area contributed by atoms with Crippen molar-refractivity contribution in [1.82, 2.24) is 19.8 Å². The summed E-state index contributed by atoms with van der Waals surface area (Å²) in [6.45, 7) is 6.71. The van der Waals surface area contributed by atoms with Crippen molar-refractivity contribution < 1.29 is 9.59 Å². The van der Waals surface area contributed by atoms with E-state index >= 15 is 0 Å². The Morgan fingerprint density at radius 2 is 1.96 bits per heavy atom. The Bertz CT molecular complexity index is 837. The average molecular weight is 376 g/mol. The second-order valence-corrected chi connectivity index (χ2v) is 8.27. The van der Waals surface area contributed by atoms with Gasteiger partial charge in [0.15, 0.2) is 0 Å². The van der Waals surface area contributed by atoms with Gasteiger partial charge < -0.3 is 10.2 Å². The lowest BCUT2D eigenvalue weighted by Gasteiger charge is -2.19. The molecule has 0 aromatic carbocycles. The first-order valence-electron chi connectivity index (χ1n) is 9.62. The summed E-state index contributed by atoms with van der Waals surface area (Å²) in [5.74, 6) is 1.00. The number of rotatable bonds is 6. The zero-order chi connectivity index (χ0) is 19.7.